The Bertz CT molecular complexity index is 480. The second-order valence-corrected chi connectivity index (χ2v) is 5.81. The first-order chi connectivity index (χ1) is 9.52. The van der Waals surface area contributed by atoms with E-state index in [1.165, 1.54) is 6.07 Å². The molecule has 5 heteroatoms. The van der Waals surface area contributed by atoms with Crippen LogP contribution < -0.4 is 4.90 Å². The third-order valence-corrected chi connectivity index (χ3v) is 4.24. The molecule has 1 saturated heterocycles. The smallest absolute Gasteiger partial charge is 0.292 e. The highest BCUT2D eigenvalue weighted by Gasteiger charge is 2.26. The molecule has 0 unspecified atom stereocenters. The first-order valence-corrected chi connectivity index (χ1v) is 7.16. The molecule has 0 atom stereocenters. The van der Waals surface area contributed by atoms with Crippen LogP contribution in [0.1, 0.15) is 32.3 Å². The SMILES string of the molecule is CC(C)C1CCN(c2cc(CO)ccc2[N+](=O)[O-])CC1. The Morgan fingerprint density at radius 1 is 1.40 bits per heavy atom. The summed E-state index contributed by atoms with van der Waals surface area (Å²) < 4.78 is 0. The monoisotopic (exact) mass is 278 g/mol. The fourth-order valence-electron chi connectivity index (χ4n) is 2.88. The van der Waals surface area contributed by atoms with E-state index in [-0.39, 0.29) is 17.2 Å². The highest BCUT2D eigenvalue weighted by Crippen LogP contribution is 2.34. The number of aliphatic hydroxyl groups is 1. The van der Waals surface area contributed by atoms with E-state index in [0.717, 1.165) is 31.5 Å². The lowest BCUT2D eigenvalue weighted by molar-refractivity contribution is -0.384. The number of nitrogens with zero attached hydrogens (tertiary/aromatic N) is 2. The number of nitro benzene ring substituents is 1. The van der Waals surface area contributed by atoms with Crippen molar-refractivity contribution in [3.63, 3.8) is 0 Å². The van der Waals surface area contributed by atoms with Crippen LogP contribution in [-0.4, -0.2) is 23.1 Å². The van der Waals surface area contributed by atoms with Crippen LogP contribution in [0.15, 0.2) is 18.2 Å². The molecule has 0 aromatic heterocycles. The van der Waals surface area contributed by atoms with E-state index in [2.05, 4.69) is 18.7 Å². The van der Waals surface area contributed by atoms with Gasteiger partial charge < -0.3 is 10.0 Å². The maximum atomic E-state index is 11.2. The normalized spacial score (nSPS) is 16.7. The van der Waals surface area contributed by atoms with Crippen molar-refractivity contribution in [3.8, 4) is 0 Å². The van der Waals surface area contributed by atoms with Gasteiger partial charge in [-0.25, -0.2) is 0 Å². The molecule has 0 spiro atoms. The van der Waals surface area contributed by atoms with Gasteiger partial charge in [-0.3, -0.25) is 10.1 Å². The minimum atomic E-state index is -0.342. The number of aliphatic hydroxyl groups excluding tert-OH is 1. The standard InChI is InChI=1S/C15H22N2O3/c1-11(2)13-5-7-16(8-6-13)15-9-12(10-18)3-4-14(15)17(19)20/h3-4,9,11,13,18H,5-8,10H2,1-2H3. The number of hydrogen-bond donors (Lipinski definition) is 1. The Balaban J connectivity index is 2.21. The number of hydrogen-bond acceptors (Lipinski definition) is 4. The molecule has 20 heavy (non-hydrogen) atoms. The van der Waals surface area contributed by atoms with Gasteiger partial charge in [-0.15, -0.1) is 0 Å². The van der Waals surface area contributed by atoms with Gasteiger partial charge in [0.05, 0.1) is 11.5 Å². The number of anilines is 1. The molecule has 110 valence electrons. The Labute approximate surface area is 119 Å². The lowest BCUT2D eigenvalue weighted by atomic mass is 9.86. The van der Waals surface area contributed by atoms with E-state index in [1.54, 1.807) is 12.1 Å². The van der Waals surface area contributed by atoms with Crippen molar-refractivity contribution >= 4 is 11.4 Å². The van der Waals surface area contributed by atoms with Crippen molar-refractivity contribution in [1.29, 1.82) is 0 Å². The molecular formula is C15H22N2O3. The number of nitro groups is 1. The van der Waals surface area contributed by atoms with Gasteiger partial charge in [-0.2, -0.15) is 0 Å². The maximum absolute atomic E-state index is 11.2. The lowest BCUT2D eigenvalue weighted by Gasteiger charge is -2.35. The molecule has 1 N–H and O–H groups in total. The second-order valence-electron chi connectivity index (χ2n) is 5.81. The first kappa shape index (κ1) is 14.8. The summed E-state index contributed by atoms with van der Waals surface area (Å²) in [4.78, 5) is 12.9. The number of rotatable bonds is 4. The van der Waals surface area contributed by atoms with Gasteiger partial charge in [0, 0.05) is 19.2 Å². The minimum absolute atomic E-state index is 0.0898. The van der Waals surface area contributed by atoms with Crippen LogP contribution in [-0.2, 0) is 6.61 Å². The molecule has 0 aliphatic carbocycles. The zero-order chi connectivity index (χ0) is 14.7. The summed E-state index contributed by atoms with van der Waals surface area (Å²) in [6.07, 6.45) is 2.14. The van der Waals surface area contributed by atoms with Gasteiger partial charge in [0.25, 0.3) is 5.69 Å². The predicted molar refractivity (Wildman–Crippen MR) is 78.8 cm³/mol. The van der Waals surface area contributed by atoms with Crippen molar-refractivity contribution in [3.05, 3.63) is 33.9 Å². The molecule has 1 aromatic carbocycles. The quantitative estimate of drug-likeness (QED) is 0.679. The Hall–Kier alpha value is -1.62. The van der Waals surface area contributed by atoms with Crippen LogP contribution in [0.4, 0.5) is 11.4 Å². The maximum Gasteiger partial charge on any atom is 0.292 e. The van der Waals surface area contributed by atoms with Crippen molar-refractivity contribution < 1.29 is 10.0 Å². The van der Waals surface area contributed by atoms with Crippen molar-refractivity contribution in [2.45, 2.75) is 33.3 Å². The van der Waals surface area contributed by atoms with Gasteiger partial charge in [0.2, 0.25) is 0 Å². The lowest BCUT2D eigenvalue weighted by Crippen LogP contribution is -2.35. The van der Waals surface area contributed by atoms with Crippen LogP contribution in [0.5, 0.6) is 0 Å². The molecule has 1 heterocycles. The number of piperidine rings is 1. The summed E-state index contributed by atoms with van der Waals surface area (Å²) in [5, 5.41) is 20.4. The van der Waals surface area contributed by atoms with Crippen molar-refractivity contribution in [2.24, 2.45) is 11.8 Å². The van der Waals surface area contributed by atoms with Crippen LogP contribution in [0.2, 0.25) is 0 Å². The molecule has 0 saturated carbocycles. The predicted octanol–water partition coefficient (Wildman–Crippen LogP) is 2.96. The van der Waals surface area contributed by atoms with Gasteiger partial charge >= 0.3 is 0 Å². The summed E-state index contributed by atoms with van der Waals surface area (Å²) >= 11 is 0. The molecule has 1 aliphatic rings. The van der Waals surface area contributed by atoms with E-state index in [1.807, 2.05) is 0 Å². The summed E-state index contributed by atoms with van der Waals surface area (Å²) in [5.41, 5.74) is 1.49. The zero-order valence-corrected chi connectivity index (χ0v) is 12.1. The molecule has 1 fully saturated rings. The number of benzene rings is 1. The topological polar surface area (TPSA) is 66.6 Å². The van der Waals surface area contributed by atoms with Gasteiger partial charge in [0.1, 0.15) is 5.69 Å². The third-order valence-electron chi connectivity index (χ3n) is 4.24. The highest BCUT2D eigenvalue weighted by atomic mass is 16.6. The summed E-state index contributed by atoms with van der Waals surface area (Å²) in [6.45, 7) is 6.06. The zero-order valence-electron chi connectivity index (χ0n) is 12.1. The molecular weight excluding hydrogens is 256 g/mol. The van der Waals surface area contributed by atoms with E-state index in [9.17, 15) is 15.2 Å². The van der Waals surface area contributed by atoms with Gasteiger partial charge in [-0.1, -0.05) is 13.8 Å². The highest BCUT2D eigenvalue weighted by molar-refractivity contribution is 5.64. The largest absolute Gasteiger partial charge is 0.392 e. The second kappa shape index (κ2) is 6.22. The van der Waals surface area contributed by atoms with Gasteiger partial charge in [0.15, 0.2) is 0 Å². The molecule has 1 aliphatic heterocycles. The van der Waals surface area contributed by atoms with Crippen LogP contribution in [0, 0.1) is 22.0 Å². The molecule has 0 radical (unpaired) electrons. The van der Waals surface area contributed by atoms with Crippen LogP contribution in [0.25, 0.3) is 0 Å². The Morgan fingerprint density at radius 2 is 2.05 bits per heavy atom. The van der Waals surface area contributed by atoms with E-state index in [4.69, 9.17) is 0 Å². The average Bonchev–Trinajstić information content (AvgIpc) is 2.46. The Kier molecular flexibility index (Phi) is 4.60. The Morgan fingerprint density at radius 3 is 2.55 bits per heavy atom. The fourth-order valence-corrected chi connectivity index (χ4v) is 2.88. The third kappa shape index (κ3) is 3.10. The molecule has 0 bridgehead atoms. The van der Waals surface area contributed by atoms with E-state index < -0.39 is 0 Å². The summed E-state index contributed by atoms with van der Waals surface area (Å²) in [6, 6.07) is 4.85. The summed E-state index contributed by atoms with van der Waals surface area (Å²) in [5.74, 6) is 1.36. The summed E-state index contributed by atoms with van der Waals surface area (Å²) in [7, 11) is 0. The molecule has 2 rings (SSSR count). The van der Waals surface area contributed by atoms with E-state index in [0.29, 0.717) is 17.5 Å². The molecule has 1 aromatic rings. The van der Waals surface area contributed by atoms with Crippen LogP contribution in [0.3, 0.4) is 0 Å². The first-order valence-electron chi connectivity index (χ1n) is 7.16. The fraction of sp³-hybridized carbons (Fsp3) is 0.600. The van der Waals surface area contributed by atoms with E-state index >= 15 is 0 Å². The molecule has 5 nitrogen and oxygen atoms in total. The van der Waals surface area contributed by atoms with Crippen molar-refractivity contribution in [1.82, 2.24) is 0 Å². The minimum Gasteiger partial charge on any atom is -0.392 e. The average molecular weight is 278 g/mol. The van der Waals surface area contributed by atoms with Crippen molar-refractivity contribution in [2.75, 3.05) is 18.0 Å². The molecule has 0 amide bonds. The van der Waals surface area contributed by atoms with Crippen LogP contribution >= 0.6 is 0 Å². The van der Waals surface area contributed by atoms with Gasteiger partial charge in [-0.05, 0) is 42.4 Å².